The van der Waals surface area contributed by atoms with E-state index in [-0.39, 0.29) is 5.91 Å². The molecule has 5 nitrogen and oxygen atoms in total. The van der Waals surface area contributed by atoms with Crippen molar-refractivity contribution >= 4 is 22.6 Å². The van der Waals surface area contributed by atoms with Crippen molar-refractivity contribution in [3.63, 3.8) is 0 Å². The number of imidazole rings is 1. The highest BCUT2D eigenvalue weighted by molar-refractivity contribution is 6.04. The van der Waals surface area contributed by atoms with Crippen molar-refractivity contribution < 1.29 is 9.53 Å². The lowest BCUT2D eigenvalue weighted by Crippen LogP contribution is -2.11. The van der Waals surface area contributed by atoms with Crippen molar-refractivity contribution in [1.82, 2.24) is 9.55 Å². The van der Waals surface area contributed by atoms with Crippen molar-refractivity contribution in [2.75, 3.05) is 12.4 Å². The second kappa shape index (κ2) is 8.19. The maximum atomic E-state index is 12.4. The first-order valence-electron chi connectivity index (χ1n) is 9.59. The summed E-state index contributed by atoms with van der Waals surface area (Å²) in [7, 11) is 3.66. The Kier molecular flexibility index (Phi) is 5.29. The number of aryl methyl sites for hydroxylation is 3. The first-order valence-corrected chi connectivity index (χ1v) is 9.59. The molecule has 0 radical (unpaired) electrons. The highest BCUT2D eigenvalue weighted by Gasteiger charge is 2.08. The summed E-state index contributed by atoms with van der Waals surface area (Å²) < 4.78 is 7.27. The Balaban J connectivity index is 1.38. The fourth-order valence-electron chi connectivity index (χ4n) is 3.38. The number of hydrogen-bond donors (Lipinski definition) is 1. The Morgan fingerprint density at radius 1 is 0.966 bits per heavy atom. The highest BCUT2D eigenvalue weighted by atomic mass is 16.5. The number of amides is 1. The number of aromatic nitrogens is 2. The quantitative estimate of drug-likeness (QED) is 0.527. The molecule has 0 atom stereocenters. The number of nitrogens with zero attached hydrogens (tertiary/aromatic N) is 2. The minimum atomic E-state index is -0.139. The number of carbonyl (C=O) groups is 1. The molecule has 3 aromatic carbocycles. The van der Waals surface area contributed by atoms with Gasteiger partial charge in [0.15, 0.2) is 0 Å². The summed E-state index contributed by atoms with van der Waals surface area (Å²) in [5.41, 5.74) is 4.76. The SMILES string of the molecule is COc1ccc(C(=O)Nc2ccc(CCc3nc4ccccc4n3C)cc2)cc1. The molecule has 0 fully saturated rings. The molecule has 0 bridgehead atoms. The lowest BCUT2D eigenvalue weighted by Gasteiger charge is -2.08. The van der Waals surface area contributed by atoms with Gasteiger partial charge in [0, 0.05) is 24.7 Å². The maximum Gasteiger partial charge on any atom is 0.255 e. The standard InChI is InChI=1S/C24H23N3O2/c1-27-22-6-4-3-5-21(22)26-23(27)16-9-17-7-12-19(13-8-17)25-24(28)18-10-14-20(29-2)15-11-18/h3-8,10-15H,9,16H2,1-2H3,(H,25,28). The third kappa shape index (κ3) is 4.14. The van der Waals surface area contributed by atoms with E-state index in [0.29, 0.717) is 5.56 Å². The molecule has 0 aliphatic heterocycles. The molecule has 1 aromatic heterocycles. The van der Waals surface area contributed by atoms with E-state index in [1.807, 2.05) is 42.5 Å². The molecule has 146 valence electrons. The zero-order valence-electron chi connectivity index (χ0n) is 16.6. The van der Waals surface area contributed by atoms with Gasteiger partial charge in [0.2, 0.25) is 0 Å². The number of carbonyl (C=O) groups excluding carboxylic acids is 1. The second-order valence-corrected chi connectivity index (χ2v) is 6.96. The number of ether oxygens (including phenoxy) is 1. The Labute approximate surface area is 170 Å². The second-order valence-electron chi connectivity index (χ2n) is 6.96. The number of rotatable bonds is 6. The van der Waals surface area contributed by atoms with Gasteiger partial charge < -0.3 is 14.6 Å². The Hall–Kier alpha value is -3.60. The normalized spacial score (nSPS) is 10.8. The molecule has 1 heterocycles. The molecular weight excluding hydrogens is 362 g/mol. The van der Waals surface area contributed by atoms with Crippen LogP contribution in [0.2, 0.25) is 0 Å². The molecule has 4 aromatic rings. The van der Waals surface area contributed by atoms with Gasteiger partial charge in [-0.25, -0.2) is 4.98 Å². The predicted octanol–water partition coefficient (Wildman–Crippen LogP) is 4.62. The summed E-state index contributed by atoms with van der Waals surface area (Å²) in [4.78, 5) is 17.1. The average Bonchev–Trinajstić information content (AvgIpc) is 3.09. The van der Waals surface area contributed by atoms with Gasteiger partial charge in [0.25, 0.3) is 5.91 Å². The van der Waals surface area contributed by atoms with E-state index in [1.165, 1.54) is 5.56 Å². The Bertz CT molecular complexity index is 1130. The minimum Gasteiger partial charge on any atom is -0.497 e. The molecule has 1 N–H and O–H groups in total. The zero-order chi connectivity index (χ0) is 20.2. The molecule has 0 saturated carbocycles. The van der Waals surface area contributed by atoms with E-state index in [9.17, 15) is 4.79 Å². The van der Waals surface area contributed by atoms with Crippen molar-refractivity contribution in [2.24, 2.45) is 7.05 Å². The molecule has 0 aliphatic carbocycles. The van der Waals surface area contributed by atoms with Crippen LogP contribution in [0.3, 0.4) is 0 Å². The topological polar surface area (TPSA) is 56.1 Å². The van der Waals surface area contributed by atoms with Crippen LogP contribution in [0.1, 0.15) is 21.7 Å². The van der Waals surface area contributed by atoms with Gasteiger partial charge in [-0.05, 0) is 60.5 Å². The summed E-state index contributed by atoms with van der Waals surface area (Å²) in [5, 5.41) is 2.93. The van der Waals surface area contributed by atoms with Gasteiger partial charge in [0.05, 0.1) is 18.1 Å². The molecular formula is C24H23N3O2. The summed E-state index contributed by atoms with van der Waals surface area (Å²) in [5.74, 6) is 1.66. The van der Waals surface area contributed by atoms with Crippen LogP contribution in [0.15, 0.2) is 72.8 Å². The zero-order valence-corrected chi connectivity index (χ0v) is 16.6. The van der Waals surface area contributed by atoms with E-state index in [0.717, 1.165) is 41.1 Å². The van der Waals surface area contributed by atoms with Gasteiger partial charge >= 0.3 is 0 Å². The van der Waals surface area contributed by atoms with E-state index in [2.05, 4.69) is 23.0 Å². The molecule has 0 spiro atoms. The number of fused-ring (bicyclic) bond motifs is 1. The van der Waals surface area contributed by atoms with Crippen molar-refractivity contribution in [2.45, 2.75) is 12.8 Å². The molecule has 1 amide bonds. The van der Waals surface area contributed by atoms with Crippen LogP contribution in [0.5, 0.6) is 5.75 Å². The largest absolute Gasteiger partial charge is 0.497 e. The molecule has 0 unspecified atom stereocenters. The number of nitrogens with one attached hydrogen (secondary N) is 1. The first-order chi connectivity index (χ1) is 14.1. The van der Waals surface area contributed by atoms with E-state index >= 15 is 0 Å². The Morgan fingerprint density at radius 2 is 1.69 bits per heavy atom. The number of methoxy groups -OCH3 is 1. The van der Waals surface area contributed by atoms with Crippen LogP contribution >= 0.6 is 0 Å². The van der Waals surface area contributed by atoms with Crippen LogP contribution in [-0.2, 0) is 19.9 Å². The molecule has 4 rings (SSSR count). The van der Waals surface area contributed by atoms with Crippen LogP contribution in [0, 0.1) is 0 Å². The maximum absolute atomic E-state index is 12.4. The van der Waals surface area contributed by atoms with Gasteiger partial charge in [-0.3, -0.25) is 4.79 Å². The first kappa shape index (κ1) is 18.7. The van der Waals surface area contributed by atoms with Crippen molar-refractivity contribution in [3.05, 3.63) is 89.7 Å². The lowest BCUT2D eigenvalue weighted by molar-refractivity contribution is 0.102. The van der Waals surface area contributed by atoms with E-state index in [1.54, 1.807) is 31.4 Å². The van der Waals surface area contributed by atoms with E-state index in [4.69, 9.17) is 9.72 Å². The Morgan fingerprint density at radius 3 is 2.38 bits per heavy atom. The fraction of sp³-hybridized carbons (Fsp3) is 0.167. The molecule has 5 heteroatoms. The third-order valence-corrected chi connectivity index (χ3v) is 5.08. The molecule has 0 aliphatic rings. The van der Waals surface area contributed by atoms with Crippen LogP contribution in [0.4, 0.5) is 5.69 Å². The fourth-order valence-corrected chi connectivity index (χ4v) is 3.38. The number of hydrogen-bond acceptors (Lipinski definition) is 3. The third-order valence-electron chi connectivity index (χ3n) is 5.08. The van der Waals surface area contributed by atoms with Gasteiger partial charge in [0.1, 0.15) is 11.6 Å². The van der Waals surface area contributed by atoms with E-state index < -0.39 is 0 Å². The van der Waals surface area contributed by atoms with Crippen LogP contribution in [0.25, 0.3) is 11.0 Å². The van der Waals surface area contributed by atoms with Crippen molar-refractivity contribution in [1.29, 1.82) is 0 Å². The van der Waals surface area contributed by atoms with Gasteiger partial charge in [-0.15, -0.1) is 0 Å². The average molecular weight is 385 g/mol. The summed E-state index contributed by atoms with van der Waals surface area (Å²) >= 11 is 0. The highest BCUT2D eigenvalue weighted by Crippen LogP contribution is 2.18. The van der Waals surface area contributed by atoms with Crippen LogP contribution in [-0.4, -0.2) is 22.6 Å². The number of benzene rings is 3. The smallest absolute Gasteiger partial charge is 0.255 e. The van der Waals surface area contributed by atoms with Crippen LogP contribution < -0.4 is 10.1 Å². The summed E-state index contributed by atoms with van der Waals surface area (Å²) in [6.07, 6.45) is 1.76. The van der Waals surface area contributed by atoms with Crippen molar-refractivity contribution in [3.8, 4) is 5.75 Å². The van der Waals surface area contributed by atoms with Gasteiger partial charge in [-0.2, -0.15) is 0 Å². The summed E-state index contributed by atoms with van der Waals surface area (Å²) in [6, 6.07) is 23.2. The minimum absolute atomic E-state index is 0.139. The molecule has 29 heavy (non-hydrogen) atoms. The monoisotopic (exact) mass is 385 g/mol. The summed E-state index contributed by atoms with van der Waals surface area (Å²) in [6.45, 7) is 0. The lowest BCUT2D eigenvalue weighted by atomic mass is 10.1. The number of para-hydroxylation sites is 2. The van der Waals surface area contributed by atoms with Gasteiger partial charge in [-0.1, -0.05) is 24.3 Å². The molecule has 0 saturated heterocycles. The number of anilines is 1. The predicted molar refractivity (Wildman–Crippen MR) is 116 cm³/mol.